The predicted molar refractivity (Wildman–Crippen MR) is 68.0 cm³/mol. The maximum absolute atomic E-state index is 13.3. The Balaban J connectivity index is 2.40. The van der Waals surface area contributed by atoms with Crippen LogP contribution in [-0.4, -0.2) is 14.9 Å². The zero-order valence-corrected chi connectivity index (χ0v) is 10.5. The molecule has 104 valence electrons. The van der Waals surface area contributed by atoms with E-state index in [1.165, 1.54) is 12.1 Å². The first-order valence-electron chi connectivity index (χ1n) is 5.12. The molecule has 0 aliphatic rings. The van der Waals surface area contributed by atoms with Crippen molar-refractivity contribution in [3.05, 3.63) is 45.4 Å². The third kappa shape index (κ3) is 2.90. The highest BCUT2D eigenvalue weighted by molar-refractivity contribution is 6.30. The summed E-state index contributed by atoms with van der Waals surface area (Å²) in [7, 11) is 0. The number of nitrogens with one attached hydrogen (secondary N) is 1. The van der Waals surface area contributed by atoms with Crippen LogP contribution in [-0.2, 0) is 0 Å². The summed E-state index contributed by atoms with van der Waals surface area (Å²) in [5.74, 6) is 3.92. The Morgan fingerprint density at radius 3 is 2.85 bits per heavy atom. The summed E-state index contributed by atoms with van der Waals surface area (Å²) in [5, 5.41) is 10.7. The minimum Gasteiger partial charge on any atom is -0.433 e. The SMILES string of the molecule is NNc1ncc([N+](=O)[O-])c(Oc2ccc(Cl)c(F)c2)n1. The van der Waals surface area contributed by atoms with E-state index in [9.17, 15) is 14.5 Å². The number of nitrogen functional groups attached to an aromatic ring is 1. The summed E-state index contributed by atoms with van der Waals surface area (Å²) in [6, 6.07) is 3.57. The number of halogens is 2. The minimum absolute atomic E-state index is 0.00308. The highest BCUT2D eigenvalue weighted by Gasteiger charge is 2.20. The van der Waals surface area contributed by atoms with Gasteiger partial charge < -0.3 is 4.74 Å². The number of nitrogens with zero attached hydrogens (tertiary/aromatic N) is 3. The molecule has 1 heterocycles. The average molecular weight is 300 g/mol. The second-order valence-corrected chi connectivity index (χ2v) is 3.87. The van der Waals surface area contributed by atoms with Crippen LogP contribution >= 0.6 is 11.6 Å². The Kier molecular flexibility index (Phi) is 3.91. The van der Waals surface area contributed by atoms with E-state index in [4.69, 9.17) is 22.2 Å². The number of hydrogen-bond donors (Lipinski definition) is 2. The van der Waals surface area contributed by atoms with Crippen LogP contribution < -0.4 is 16.0 Å². The van der Waals surface area contributed by atoms with Crippen molar-refractivity contribution in [2.24, 2.45) is 5.84 Å². The van der Waals surface area contributed by atoms with Gasteiger partial charge in [0.2, 0.25) is 5.95 Å². The van der Waals surface area contributed by atoms with Crippen molar-refractivity contribution in [2.75, 3.05) is 5.43 Å². The molecule has 2 aromatic rings. The Bertz CT molecular complexity index is 669. The fourth-order valence-electron chi connectivity index (χ4n) is 1.28. The first kappa shape index (κ1) is 13.9. The first-order valence-corrected chi connectivity index (χ1v) is 5.50. The molecular formula is C10H7ClFN5O3. The summed E-state index contributed by atoms with van der Waals surface area (Å²) in [6.07, 6.45) is 0.920. The quantitative estimate of drug-likeness (QED) is 0.505. The van der Waals surface area contributed by atoms with Gasteiger partial charge >= 0.3 is 11.6 Å². The van der Waals surface area contributed by atoms with E-state index in [-0.39, 0.29) is 22.6 Å². The summed E-state index contributed by atoms with van der Waals surface area (Å²) >= 11 is 5.52. The third-order valence-electron chi connectivity index (χ3n) is 2.17. The summed E-state index contributed by atoms with van der Waals surface area (Å²) in [6.45, 7) is 0. The molecule has 0 radical (unpaired) electrons. The van der Waals surface area contributed by atoms with Gasteiger partial charge in [-0.25, -0.2) is 15.2 Å². The fraction of sp³-hybridized carbons (Fsp3) is 0. The smallest absolute Gasteiger partial charge is 0.349 e. The molecule has 0 aliphatic heterocycles. The maximum atomic E-state index is 13.3. The predicted octanol–water partition coefficient (Wildman–Crippen LogP) is 2.26. The number of hydrogen-bond acceptors (Lipinski definition) is 7. The molecule has 10 heteroatoms. The van der Waals surface area contributed by atoms with Crippen LogP contribution in [0.2, 0.25) is 5.02 Å². The molecule has 8 nitrogen and oxygen atoms in total. The summed E-state index contributed by atoms with van der Waals surface area (Å²) in [4.78, 5) is 17.4. The summed E-state index contributed by atoms with van der Waals surface area (Å²) < 4.78 is 18.4. The number of aromatic nitrogens is 2. The lowest BCUT2D eigenvalue weighted by atomic mass is 10.3. The summed E-state index contributed by atoms with van der Waals surface area (Å²) in [5.41, 5.74) is 1.63. The third-order valence-corrected chi connectivity index (χ3v) is 2.47. The van der Waals surface area contributed by atoms with Gasteiger partial charge in [-0.2, -0.15) is 4.98 Å². The van der Waals surface area contributed by atoms with Gasteiger partial charge in [-0.1, -0.05) is 11.6 Å². The maximum Gasteiger partial charge on any atom is 0.349 e. The molecule has 0 aliphatic carbocycles. The zero-order valence-electron chi connectivity index (χ0n) is 9.71. The second-order valence-electron chi connectivity index (χ2n) is 3.46. The Hall–Kier alpha value is -2.52. The van der Waals surface area contributed by atoms with Crippen molar-refractivity contribution >= 4 is 23.2 Å². The molecular weight excluding hydrogens is 293 g/mol. The van der Waals surface area contributed by atoms with Crippen LogP contribution in [0.25, 0.3) is 0 Å². The number of benzene rings is 1. The Labute approximate surface area is 116 Å². The van der Waals surface area contributed by atoms with Gasteiger partial charge in [0.25, 0.3) is 0 Å². The average Bonchev–Trinajstić information content (AvgIpc) is 2.42. The first-order chi connectivity index (χ1) is 9.51. The van der Waals surface area contributed by atoms with Crippen LogP contribution in [0.3, 0.4) is 0 Å². The molecule has 1 aromatic heterocycles. The number of rotatable bonds is 4. The van der Waals surface area contributed by atoms with Crippen LogP contribution in [0.15, 0.2) is 24.4 Å². The second kappa shape index (κ2) is 5.63. The van der Waals surface area contributed by atoms with Gasteiger partial charge in [-0.05, 0) is 12.1 Å². The fourth-order valence-corrected chi connectivity index (χ4v) is 1.40. The number of anilines is 1. The molecule has 0 fully saturated rings. The molecule has 0 saturated heterocycles. The topological polar surface area (TPSA) is 116 Å². The molecule has 3 N–H and O–H groups in total. The van der Waals surface area contributed by atoms with Crippen LogP contribution in [0.1, 0.15) is 0 Å². The van der Waals surface area contributed by atoms with Gasteiger partial charge in [-0.15, -0.1) is 0 Å². The molecule has 0 spiro atoms. The van der Waals surface area contributed by atoms with Gasteiger partial charge in [-0.3, -0.25) is 15.5 Å². The van der Waals surface area contributed by atoms with Crippen molar-refractivity contribution in [2.45, 2.75) is 0 Å². The van der Waals surface area contributed by atoms with Crippen LogP contribution in [0.5, 0.6) is 11.6 Å². The van der Waals surface area contributed by atoms with Crippen LogP contribution in [0.4, 0.5) is 16.0 Å². The minimum atomic E-state index is -0.734. The normalized spacial score (nSPS) is 10.2. The highest BCUT2D eigenvalue weighted by Crippen LogP contribution is 2.30. The van der Waals surface area contributed by atoms with Gasteiger partial charge in [0, 0.05) is 6.07 Å². The lowest BCUT2D eigenvalue weighted by molar-refractivity contribution is -0.386. The van der Waals surface area contributed by atoms with E-state index in [0.717, 1.165) is 12.3 Å². The van der Waals surface area contributed by atoms with Crippen molar-refractivity contribution in [1.82, 2.24) is 9.97 Å². The lowest BCUT2D eigenvalue weighted by Gasteiger charge is -2.06. The van der Waals surface area contributed by atoms with Crippen LogP contribution in [0, 0.1) is 15.9 Å². The Morgan fingerprint density at radius 2 is 2.25 bits per heavy atom. The number of nitrogens with two attached hydrogens (primary N) is 1. The zero-order chi connectivity index (χ0) is 14.7. The van der Waals surface area contributed by atoms with E-state index in [1.807, 2.05) is 0 Å². The number of ether oxygens (including phenoxy) is 1. The van der Waals surface area contributed by atoms with Gasteiger partial charge in [0.1, 0.15) is 17.8 Å². The highest BCUT2D eigenvalue weighted by atomic mass is 35.5. The molecule has 2 rings (SSSR count). The lowest BCUT2D eigenvalue weighted by Crippen LogP contribution is -2.11. The monoisotopic (exact) mass is 299 g/mol. The molecule has 0 unspecified atom stereocenters. The Morgan fingerprint density at radius 1 is 1.50 bits per heavy atom. The molecule has 0 bridgehead atoms. The van der Waals surface area contributed by atoms with Gasteiger partial charge in [0.05, 0.1) is 9.95 Å². The van der Waals surface area contributed by atoms with Crippen molar-refractivity contribution in [1.29, 1.82) is 0 Å². The van der Waals surface area contributed by atoms with E-state index in [1.54, 1.807) is 0 Å². The van der Waals surface area contributed by atoms with Gasteiger partial charge in [0.15, 0.2) is 0 Å². The molecule has 0 amide bonds. The molecule has 20 heavy (non-hydrogen) atoms. The van der Waals surface area contributed by atoms with Crippen molar-refractivity contribution < 1.29 is 14.1 Å². The van der Waals surface area contributed by atoms with E-state index in [2.05, 4.69) is 15.4 Å². The molecule has 1 aromatic carbocycles. The van der Waals surface area contributed by atoms with E-state index < -0.39 is 16.4 Å². The van der Waals surface area contributed by atoms with E-state index in [0.29, 0.717) is 0 Å². The number of nitro groups is 1. The van der Waals surface area contributed by atoms with Crippen molar-refractivity contribution in [3.8, 4) is 11.6 Å². The molecule has 0 atom stereocenters. The standard InChI is InChI=1S/C10H7ClFN5O3/c11-6-2-1-5(3-7(6)12)20-9-8(17(18)19)4-14-10(15-9)16-13/h1-4H,13H2,(H,14,15,16). The van der Waals surface area contributed by atoms with Crippen molar-refractivity contribution in [3.63, 3.8) is 0 Å². The largest absolute Gasteiger partial charge is 0.433 e. The number of hydrazine groups is 1. The molecule has 0 saturated carbocycles. The van der Waals surface area contributed by atoms with E-state index >= 15 is 0 Å².